The first kappa shape index (κ1) is 33.6. The van der Waals surface area contributed by atoms with Gasteiger partial charge in [0.15, 0.2) is 0 Å². The summed E-state index contributed by atoms with van der Waals surface area (Å²) >= 11 is 0. The van der Waals surface area contributed by atoms with Crippen LogP contribution in [-0.4, -0.2) is 7.11 Å². The van der Waals surface area contributed by atoms with E-state index in [2.05, 4.69) is 74.6 Å². The van der Waals surface area contributed by atoms with E-state index in [0.29, 0.717) is 12.8 Å². The molecule has 0 heterocycles. The first-order chi connectivity index (χ1) is 15.3. The van der Waals surface area contributed by atoms with Crippen molar-refractivity contribution in [3.05, 3.63) is 91.0 Å². The minimum atomic E-state index is 0. The van der Waals surface area contributed by atoms with Crippen LogP contribution in [-0.2, 0) is 36.1 Å². The number of ether oxygens (including phenoxy) is 1. The van der Waals surface area contributed by atoms with E-state index >= 15 is 0 Å². The maximum atomic E-state index is 8.87. The Bertz CT molecular complexity index is 855. The molecule has 0 spiro atoms. The van der Waals surface area contributed by atoms with Crippen LogP contribution in [0.2, 0.25) is 0 Å². The van der Waals surface area contributed by atoms with E-state index in [-0.39, 0.29) is 23.3 Å². The summed E-state index contributed by atoms with van der Waals surface area (Å²) in [5.41, 5.74) is 3.72. The molecule has 0 radical (unpaired) electrons. The molecule has 1 aliphatic rings. The van der Waals surface area contributed by atoms with Crippen molar-refractivity contribution in [2.24, 2.45) is 0 Å². The fraction of sp³-hybridized carbons (Fsp3) is 0.320. The molecular formula is C25H24CrN2O4. The Morgan fingerprint density at radius 3 is 1.91 bits per heavy atom. The molecule has 1 aliphatic carbocycles. The normalized spacial score (nSPS) is 13.2. The molecular weight excluding hydrogens is 444 g/mol. The van der Waals surface area contributed by atoms with Crippen LogP contribution in [0, 0.1) is 42.6 Å². The summed E-state index contributed by atoms with van der Waals surface area (Å²) in [7, 11) is 1.69. The van der Waals surface area contributed by atoms with E-state index in [1.165, 1.54) is 16.7 Å². The van der Waals surface area contributed by atoms with Gasteiger partial charge in [-0.15, -0.1) is 0 Å². The predicted octanol–water partition coefficient (Wildman–Crippen LogP) is 5.44. The van der Waals surface area contributed by atoms with Crippen molar-refractivity contribution in [2.75, 3.05) is 7.11 Å². The smallest absolute Gasteiger partial charge is 0 e. The van der Waals surface area contributed by atoms with Gasteiger partial charge >= 0.3 is 33.9 Å². The average molecular weight is 468 g/mol. The second-order valence-corrected chi connectivity index (χ2v) is 6.12. The fourth-order valence-corrected chi connectivity index (χ4v) is 3.08. The van der Waals surface area contributed by atoms with Gasteiger partial charge in [-0.2, -0.15) is 10.5 Å². The largest absolute Gasteiger partial charge is 0 e. The third kappa shape index (κ3) is 13.3. The summed E-state index contributed by atoms with van der Waals surface area (Å²) in [5, 5.41) is 17.7. The molecule has 2 rings (SSSR count). The SMILES string of the molecule is COC1=CC(c2ccccc2)C(CCCC#N)=CC(CCCC#N)=C1.[C-]#[O+].[C-]#[O+].[C-]#[O+].[Cr]. The summed E-state index contributed by atoms with van der Waals surface area (Å²) < 4.78 is 28.1. The minimum Gasteiger partial charge on any atom is 0 e. The Balaban J connectivity index is -0.00000111. The first-order valence-electron chi connectivity index (χ1n) is 9.35. The van der Waals surface area contributed by atoms with E-state index in [1.807, 2.05) is 6.07 Å². The number of nitrogens with zero attached hydrogens (tertiary/aromatic N) is 2. The van der Waals surface area contributed by atoms with Crippen LogP contribution in [0.1, 0.15) is 50.0 Å². The fourth-order valence-electron chi connectivity index (χ4n) is 3.08. The molecule has 0 saturated heterocycles. The molecule has 0 fully saturated rings. The van der Waals surface area contributed by atoms with Gasteiger partial charge in [0.1, 0.15) is 5.76 Å². The molecule has 7 heteroatoms. The van der Waals surface area contributed by atoms with Gasteiger partial charge in [0.05, 0.1) is 19.2 Å². The topological polar surface area (TPSA) is 117 Å². The molecule has 1 atom stereocenters. The van der Waals surface area contributed by atoms with Gasteiger partial charge in [0.25, 0.3) is 0 Å². The van der Waals surface area contributed by atoms with E-state index in [9.17, 15) is 0 Å². The van der Waals surface area contributed by atoms with E-state index in [0.717, 1.165) is 31.4 Å². The van der Waals surface area contributed by atoms with Crippen LogP contribution < -0.4 is 0 Å². The average Bonchev–Trinajstić information content (AvgIpc) is 3.03. The van der Waals surface area contributed by atoms with Crippen LogP contribution in [0.5, 0.6) is 0 Å². The second-order valence-electron chi connectivity index (χ2n) is 6.12. The van der Waals surface area contributed by atoms with Gasteiger partial charge in [-0.1, -0.05) is 42.0 Å². The molecule has 1 unspecified atom stereocenters. The molecule has 0 aromatic heterocycles. The zero-order valence-corrected chi connectivity index (χ0v) is 19.1. The van der Waals surface area contributed by atoms with Gasteiger partial charge in [0.2, 0.25) is 0 Å². The molecule has 0 N–H and O–H groups in total. The van der Waals surface area contributed by atoms with Crippen molar-refractivity contribution in [3.8, 4) is 12.1 Å². The van der Waals surface area contributed by atoms with E-state index in [1.54, 1.807) is 7.11 Å². The maximum Gasteiger partial charge on any atom is 0 e. The number of rotatable bonds is 8. The van der Waals surface area contributed by atoms with E-state index in [4.69, 9.17) is 29.2 Å². The Kier molecular flexibility index (Phi) is 25.5. The van der Waals surface area contributed by atoms with Crippen molar-refractivity contribution in [3.63, 3.8) is 0 Å². The second kappa shape index (κ2) is 24.2. The van der Waals surface area contributed by atoms with Crippen LogP contribution in [0.25, 0.3) is 0 Å². The summed E-state index contributed by atoms with van der Waals surface area (Å²) in [6.45, 7) is 13.5. The number of unbranched alkanes of at least 4 members (excludes halogenated alkanes) is 2. The molecule has 1 aromatic rings. The quantitative estimate of drug-likeness (QED) is 0.287. The Hall–Kier alpha value is -3.03. The van der Waals surface area contributed by atoms with Crippen molar-refractivity contribution in [2.45, 2.75) is 44.4 Å². The third-order valence-corrected chi connectivity index (χ3v) is 4.33. The zero-order valence-electron chi connectivity index (χ0n) is 17.9. The Morgan fingerprint density at radius 2 is 1.41 bits per heavy atom. The predicted molar refractivity (Wildman–Crippen MR) is 111 cm³/mol. The molecule has 164 valence electrons. The van der Waals surface area contributed by atoms with Gasteiger partial charge in [0, 0.05) is 36.1 Å². The van der Waals surface area contributed by atoms with Crippen LogP contribution in [0.15, 0.2) is 65.5 Å². The number of hydrogen-bond acceptors (Lipinski definition) is 3. The number of allylic oxidation sites excluding steroid dienone is 5. The van der Waals surface area contributed by atoms with Crippen LogP contribution in [0.3, 0.4) is 0 Å². The van der Waals surface area contributed by atoms with Crippen molar-refractivity contribution >= 4 is 0 Å². The van der Waals surface area contributed by atoms with Gasteiger partial charge < -0.3 is 4.74 Å². The van der Waals surface area contributed by atoms with Crippen molar-refractivity contribution < 1.29 is 36.1 Å². The minimum absolute atomic E-state index is 0. The molecule has 0 saturated carbocycles. The Morgan fingerprint density at radius 1 is 0.875 bits per heavy atom. The number of nitriles is 2. The Labute approximate surface area is 201 Å². The molecule has 0 aliphatic heterocycles. The molecule has 0 amide bonds. The number of benzene rings is 1. The first-order valence-corrected chi connectivity index (χ1v) is 9.35. The zero-order chi connectivity index (χ0) is 23.9. The van der Waals surface area contributed by atoms with Gasteiger partial charge in [-0.25, -0.2) is 0 Å². The standard InChI is InChI=1S/C22H24N2O.3CO.Cr/c1-25-21-16-18(9-5-7-13-23)15-20(12-6-8-14-24)22(17-21)19-10-3-2-4-11-19;3*1-2;/h2-4,10-11,15-17,22H,5-9,12H2,1H3;;;;. The monoisotopic (exact) mass is 468 g/mol. The van der Waals surface area contributed by atoms with Crippen molar-refractivity contribution in [1.29, 1.82) is 10.5 Å². The van der Waals surface area contributed by atoms with Crippen LogP contribution in [0.4, 0.5) is 0 Å². The van der Waals surface area contributed by atoms with Gasteiger partial charge in [-0.05, 0) is 49.0 Å². The number of methoxy groups -OCH3 is 1. The van der Waals surface area contributed by atoms with Gasteiger partial charge in [-0.3, -0.25) is 0 Å². The van der Waals surface area contributed by atoms with Crippen molar-refractivity contribution in [1.82, 2.24) is 0 Å². The maximum absolute atomic E-state index is 8.87. The summed E-state index contributed by atoms with van der Waals surface area (Å²) in [4.78, 5) is 0. The summed E-state index contributed by atoms with van der Waals surface area (Å²) in [6, 6.07) is 14.8. The molecule has 32 heavy (non-hydrogen) atoms. The summed E-state index contributed by atoms with van der Waals surface area (Å²) in [6.07, 6.45) is 11.0. The van der Waals surface area contributed by atoms with Crippen LogP contribution >= 0.6 is 0 Å². The number of hydrogen-bond donors (Lipinski definition) is 0. The van der Waals surface area contributed by atoms with E-state index < -0.39 is 0 Å². The third-order valence-electron chi connectivity index (χ3n) is 4.33. The summed E-state index contributed by atoms with van der Waals surface area (Å²) in [5.74, 6) is 1.01. The molecule has 6 nitrogen and oxygen atoms in total. The molecule has 1 aromatic carbocycles. The molecule has 0 bridgehead atoms.